The van der Waals surface area contributed by atoms with Crippen LogP contribution < -0.4 is 5.32 Å². The van der Waals surface area contributed by atoms with E-state index >= 15 is 0 Å². The summed E-state index contributed by atoms with van der Waals surface area (Å²) in [5.41, 5.74) is 0.473. The number of nitrogens with one attached hydrogen (secondary N) is 1. The molecular formula is C16H18N2O5. The number of imide groups is 1. The molecule has 1 aliphatic rings. The zero-order chi connectivity index (χ0) is 16.8. The minimum atomic E-state index is -0.626. The minimum absolute atomic E-state index is 0.0879. The lowest BCUT2D eigenvalue weighted by Gasteiger charge is -2.12. The molecular weight excluding hydrogens is 300 g/mol. The normalized spacial score (nSPS) is 13.0. The molecule has 0 bridgehead atoms. The van der Waals surface area contributed by atoms with Crippen molar-refractivity contribution in [3.05, 3.63) is 35.4 Å². The Balaban J connectivity index is 1.75. The highest BCUT2D eigenvalue weighted by atomic mass is 16.7. The van der Waals surface area contributed by atoms with Gasteiger partial charge < -0.3 is 10.2 Å². The topological polar surface area (TPSA) is 92.8 Å². The van der Waals surface area contributed by atoms with Crippen LogP contribution in [0.1, 0.15) is 53.3 Å². The van der Waals surface area contributed by atoms with E-state index in [9.17, 15) is 19.2 Å². The van der Waals surface area contributed by atoms with Gasteiger partial charge in [-0.2, -0.15) is 0 Å². The molecule has 0 radical (unpaired) electrons. The van der Waals surface area contributed by atoms with Crippen LogP contribution in [0.25, 0.3) is 0 Å². The Morgan fingerprint density at radius 2 is 1.65 bits per heavy atom. The van der Waals surface area contributed by atoms with Crippen LogP contribution >= 0.6 is 0 Å². The Morgan fingerprint density at radius 3 is 2.22 bits per heavy atom. The van der Waals surface area contributed by atoms with Crippen molar-refractivity contribution in [2.24, 2.45) is 0 Å². The lowest BCUT2D eigenvalue weighted by Crippen LogP contribution is -2.32. The van der Waals surface area contributed by atoms with Crippen LogP contribution in [0.5, 0.6) is 0 Å². The van der Waals surface area contributed by atoms with Crippen LogP contribution in [0.2, 0.25) is 0 Å². The second kappa shape index (κ2) is 7.53. The molecule has 0 saturated heterocycles. The smallest absolute Gasteiger partial charge is 0.333 e. The first-order chi connectivity index (χ1) is 11.0. The molecule has 23 heavy (non-hydrogen) atoms. The average Bonchev–Trinajstić information content (AvgIpc) is 2.76. The van der Waals surface area contributed by atoms with Gasteiger partial charge in [0.1, 0.15) is 0 Å². The standard InChI is InChI=1S/C16H18N2O5/c1-11(19)17-10-6-2-3-9-14(20)23-18-15(21)12-7-4-5-8-13(12)16(18)22/h4-5,7-8H,2-3,6,9-10H2,1H3,(H,17,19). The van der Waals surface area contributed by atoms with Gasteiger partial charge in [0.25, 0.3) is 11.8 Å². The van der Waals surface area contributed by atoms with E-state index in [1.807, 2.05) is 0 Å². The Bertz CT molecular complexity index is 606. The quantitative estimate of drug-likeness (QED) is 0.606. The van der Waals surface area contributed by atoms with Crippen LogP contribution in [0, 0.1) is 0 Å². The number of hydroxylamine groups is 2. The van der Waals surface area contributed by atoms with Gasteiger partial charge >= 0.3 is 5.97 Å². The molecule has 0 atom stereocenters. The molecule has 7 heteroatoms. The zero-order valence-corrected chi connectivity index (χ0v) is 12.8. The van der Waals surface area contributed by atoms with Crippen LogP contribution in [0.15, 0.2) is 24.3 Å². The highest BCUT2D eigenvalue weighted by Gasteiger charge is 2.38. The van der Waals surface area contributed by atoms with Gasteiger partial charge in [-0.1, -0.05) is 23.6 Å². The molecule has 0 spiro atoms. The van der Waals surface area contributed by atoms with Gasteiger partial charge in [-0.25, -0.2) is 4.79 Å². The first-order valence-corrected chi connectivity index (χ1v) is 7.43. The molecule has 1 aromatic carbocycles. The summed E-state index contributed by atoms with van der Waals surface area (Å²) >= 11 is 0. The zero-order valence-electron chi connectivity index (χ0n) is 12.8. The second-order valence-electron chi connectivity index (χ2n) is 5.21. The van der Waals surface area contributed by atoms with Crippen molar-refractivity contribution in [2.45, 2.75) is 32.6 Å². The number of hydrogen-bond acceptors (Lipinski definition) is 5. The van der Waals surface area contributed by atoms with E-state index in [1.54, 1.807) is 12.1 Å². The number of fused-ring (bicyclic) bond motifs is 1. The lowest BCUT2D eigenvalue weighted by molar-refractivity contribution is -0.168. The lowest BCUT2D eigenvalue weighted by atomic mass is 10.1. The van der Waals surface area contributed by atoms with Crippen LogP contribution in [0.3, 0.4) is 0 Å². The van der Waals surface area contributed by atoms with Crippen LogP contribution in [-0.2, 0) is 14.4 Å². The summed E-state index contributed by atoms with van der Waals surface area (Å²) in [6, 6.07) is 6.33. The van der Waals surface area contributed by atoms with Gasteiger partial charge in [0.15, 0.2) is 0 Å². The molecule has 1 aromatic rings. The van der Waals surface area contributed by atoms with Gasteiger partial charge in [0, 0.05) is 19.9 Å². The maximum Gasteiger partial charge on any atom is 0.333 e. The summed E-state index contributed by atoms with van der Waals surface area (Å²) < 4.78 is 0. The number of benzene rings is 1. The van der Waals surface area contributed by atoms with E-state index in [-0.39, 0.29) is 23.5 Å². The second-order valence-corrected chi connectivity index (χ2v) is 5.21. The van der Waals surface area contributed by atoms with E-state index < -0.39 is 17.8 Å². The Labute approximate surface area is 133 Å². The molecule has 0 aliphatic carbocycles. The molecule has 3 amide bonds. The summed E-state index contributed by atoms with van der Waals surface area (Å²) in [6.45, 7) is 2.00. The number of carbonyl (C=O) groups excluding carboxylic acids is 4. The molecule has 1 N–H and O–H groups in total. The molecule has 0 fully saturated rings. The predicted molar refractivity (Wildman–Crippen MR) is 80.2 cm³/mol. The molecule has 1 aliphatic heterocycles. The number of rotatable bonds is 7. The molecule has 0 unspecified atom stereocenters. The Kier molecular flexibility index (Phi) is 5.46. The first kappa shape index (κ1) is 16.7. The van der Waals surface area contributed by atoms with Crippen molar-refractivity contribution in [3.63, 3.8) is 0 Å². The monoisotopic (exact) mass is 318 g/mol. The fourth-order valence-corrected chi connectivity index (χ4v) is 2.23. The summed E-state index contributed by atoms with van der Waals surface area (Å²) in [4.78, 5) is 51.3. The maximum absolute atomic E-state index is 12.0. The highest BCUT2D eigenvalue weighted by molar-refractivity contribution is 6.20. The first-order valence-electron chi connectivity index (χ1n) is 7.43. The van der Waals surface area contributed by atoms with Crippen molar-refractivity contribution in [1.29, 1.82) is 0 Å². The van der Waals surface area contributed by atoms with Crippen molar-refractivity contribution in [1.82, 2.24) is 10.4 Å². The van der Waals surface area contributed by atoms with E-state index in [0.29, 0.717) is 18.0 Å². The number of unbranched alkanes of at least 4 members (excludes halogenated alkanes) is 2. The van der Waals surface area contributed by atoms with E-state index in [0.717, 1.165) is 12.8 Å². The predicted octanol–water partition coefficient (Wildman–Crippen LogP) is 1.44. The van der Waals surface area contributed by atoms with Crippen LogP contribution in [0.4, 0.5) is 0 Å². The van der Waals surface area contributed by atoms with Gasteiger partial charge in [-0.15, -0.1) is 0 Å². The van der Waals surface area contributed by atoms with Gasteiger partial charge in [0.2, 0.25) is 5.91 Å². The fourth-order valence-electron chi connectivity index (χ4n) is 2.23. The third-order valence-electron chi connectivity index (χ3n) is 3.38. The average molecular weight is 318 g/mol. The Hall–Kier alpha value is -2.70. The SMILES string of the molecule is CC(=O)NCCCCCC(=O)ON1C(=O)c2ccccc2C1=O. The molecule has 1 heterocycles. The van der Waals surface area contributed by atoms with E-state index in [4.69, 9.17) is 4.84 Å². The van der Waals surface area contributed by atoms with Gasteiger partial charge in [-0.05, 0) is 25.0 Å². The van der Waals surface area contributed by atoms with Gasteiger partial charge in [0.05, 0.1) is 11.1 Å². The minimum Gasteiger partial charge on any atom is -0.356 e. The molecule has 7 nitrogen and oxygen atoms in total. The summed E-state index contributed by atoms with van der Waals surface area (Å²) in [7, 11) is 0. The number of amides is 3. The third-order valence-corrected chi connectivity index (χ3v) is 3.38. The van der Waals surface area contributed by atoms with Crippen molar-refractivity contribution in [2.75, 3.05) is 6.54 Å². The number of nitrogens with zero attached hydrogens (tertiary/aromatic N) is 1. The van der Waals surface area contributed by atoms with Crippen molar-refractivity contribution < 1.29 is 24.0 Å². The molecule has 0 saturated carbocycles. The number of carbonyl (C=O) groups is 4. The molecule has 2 rings (SSSR count). The largest absolute Gasteiger partial charge is 0.356 e. The fraction of sp³-hybridized carbons (Fsp3) is 0.375. The van der Waals surface area contributed by atoms with Crippen molar-refractivity contribution >= 4 is 23.7 Å². The molecule has 122 valence electrons. The van der Waals surface area contributed by atoms with Crippen LogP contribution in [-0.4, -0.2) is 35.3 Å². The molecule has 0 aromatic heterocycles. The summed E-state index contributed by atoms with van der Waals surface area (Å²) in [6.07, 6.45) is 2.15. The maximum atomic E-state index is 12.0. The van der Waals surface area contributed by atoms with E-state index in [1.165, 1.54) is 19.1 Å². The third kappa shape index (κ3) is 4.15. The van der Waals surface area contributed by atoms with Gasteiger partial charge in [-0.3, -0.25) is 14.4 Å². The number of hydrogen-bond donors (Lipinski definition) is 1. The summed E-state index contributed by atoms with van der Waals surface area (Å²) in [5, 5.41) is 3.18. The summed E-state index contributed by atoms with van der Waals surface area (Å²) in [5.74, 6) is -1.96. The van der Waals surface area contributed by atoms with Crippen molar-refractivity contribution in [3.8, 4) is 0 Å². The van der Waals surface area contributed by atoms with E-state index in [2.05, 4.69) is 5.32 Å². The Morgan fingerprint density at radius 1 is 1.04 bits per heavy atom. The highest BCUT2D eigenvalue weighted by Crippen LogP contribution is 2.22.